The van der Waals surface area contributed by atoms with E-state index in [4.69, 9.17) is 14.0 Å². The Bertz CT molecular complexity index is 657. The second-order valence-corrected chi connectivity index (χ2v) is 16.1. The highest BCUT2D eigenvalue weighted by Gasteiger charge is 2.25. The molecule has 1 N–H and O–H groups in total. The third kappa shape index (κ3) is 31.7. The molecule has 0 aliphatic carbocycles. The molecular formula is C41H84NO5P. The molecule has 0 bridgehead atoms. The van der Waals surface area contributed by atoms with E-state index in [9.17, 15) is 9.69 Å². The van der Waals surface area contributed by atoms with Crippen molar-refractivity contribution in [3.05, 3.63) is 0 Å². The van der Waals surface area contributed by atoms with Gasteiger partial charge in [-0.3, -0.25) is 4.79 Å². The molecule has 0 aliphatic heterocycles. The first-order valence-corrected chi connectivity index (χ1v) is 22.2. The van der Waals surface area contributed by atoms with Crippen LogP contribution in [0.4, 0.5) is 0 Å². The Balaban J connectivity index is 4.20. The Morgan fingerprint density at radius 1 is 0.542 bits per heavy atom. The Labute approximate surface area is 301 Å². The number of hydrogen-bond acceptors (Lipinski definition) is 6. The minimum Gasteiger partial charge on any atom is -0.463 e. The highest BCUT2D eigenvalue weighted by Crippen LogP contribution is 2.40. The molecule has 0 spiro atoms. The van der Waals surface area contributed by atoms with Crippen molar-refractivity contribution < 1.29 is 23.7 Å². The molecule has 0 rings (SSSR count). The topological polar surface area (TPSA) is 68.2 Å². The third-order valence-electron chi connectivity index (χ3n) is 9.40. The highest BCUT2D eigenvalue weighted by molar-refractivity contribution is 7.43. The van der Waals surface area contributed by atoms with Gasteiger partial charge in [-0.1, -0.05) is 174 Å². The van der Waals surface area contributed by atoms with Crippen molar-refractivity contribution in [2.45, 2.75) is 240 Å². The maximum atomic E-state index is 12.5. The standard InChI is InChI=1S/C41H84NO5P/c1-7-9-11-13-15-17-19-21-23-25-27-29-31-33-35-45-40(37-47-48(44)42(38(3)4)39(5)6)36-46-41(43)34-32-30-28-26-24-22-20-18-16-14-12-10-8-2/h38-40,44H,7-37H2,1-6H3/t40-,48?/m1/s1. The van der Waals surface area contributed by atoms with Crippen LogP contribution < -0.4 is 0 Å². The summed E-state index contributed by atoms with van der Waals surface area (Å²) in [6.07, 6.45) is 35.4. The minimum absolute atomic E-state index is 0.152. The lowest BCUT2D eigenvalue weighted by molar-refractivity contribution is -0.149. The summed E-state index contributed by atoms with van der Waals surface area (Å²) < 4.78 is 19.7. The molecule has 0 radical (unpaired) electrons. The molecule has 48 heavy (non-hydrogen) atoms. The fraction of sp³-hybridized carbons (Fsp3) is 0.976. The van der Waals surface area contributed by atoms with E-state index in [1.54, 1.807) is 0 Å². The first kappa shape index (κ1) is 47.7. The van der Waals surface area contributed by atoms with E-state index in [1.165, 1.54) is 148 Å². The van der Waals surface area contributed by atoms with E-state index in [1.807, 2.05) is 4.67 Å². The molecule has 0 amide bonds. The lowest BCUT2D eigenvalue weighted by Gasteiger charge is -2.33. The summed E-state index contributed by atoms with van der Waals surface area (Å²) in [4.78, 5) is 23.3. The monoisotopic (exact) mass is 702 g/mol. The van der Waals surface area contributed by atoms with Crippen LogP contribution in [-0.2, 0) is 18.8 Å². The van der Waals surface area contributed by atoms with Gasteiger partial charge in [0, 0.05) is 25.1 Å². The lowest BCUT2D eigenvalue weighted by Crippen LogP contribution is -2.34. The van der Waals surface area contributed by atoms with Crippen molar-refractivity contribution in [2.75, 3.05) is 19.8 Å². The highest BCUT2D eigenvalue weighted by atomic mass is 31.2. The number of rotatable bonds is 38. The van der Waals surface area contributed by atoms with Gasteiger partial charge in [0.25, 0.3) is 8.53 Å². The Morgan fingerprint density at radius 3 is 1.27 bits per heavy atom. The fourth-order valence-corrected chi connectivity index (χ4v) is 7.67. The fourth-order valence-electron chi connectivity index (χ4n) is 6.44. The maximum Gasteiger partial charge on any atom is 0.305 e. The average molecular weight is 702 g/mol. The number of carbonyl (C=O) groups excluding carboxylic acids is 1. The first-order chi connectivity index (χ1) is 23.3. The summed E-state index contributed by atoms with van der Waals surface area (Å²) in [5.41, 5.74) is 0. The number of unbranched alkanes of at least 4 members (excludes halogenated alkanes) is 25. The van der Waals surface area contributed by atoms with Gasteiger partial charge in [-0.05, 0) is 40.5 Å². The van der Waals surface area contributed by atoms with Gasteiger partial charge in [0.1, 0.15) is 12.7 Å². The Morgan fingerprint density at radius 2 is 0.896 bits per heavy atom. The number of carbonyl (C=O) groups is 1. The minimum atomic E-state index is -1.73. The summed E-state index contributed by atoms with van der Waals surface area (Å²) in [7, 11) is -1.73. The average Bonchev–Trinajstić information content (AvgIpc) is 3.05. The van der Waals surface area contributed by atoms with Gasteiger partial charge < -0.3 is 18.9 Å². The summed E-state index contributed by atoms with van der Waals surface area (Å²) in [5.74, 6) is -0.152. The van der Waals surface area contributed by atoms with E-state index in [0.29, 0.717) is 13.0 Å². The van der Waals surface area contributed by atoms with Crippen molar-refractivity contribution in [2.24, 2.45) is 0 Å². The van der Waals surface area contributed by atoms with Crippen LogP contribution in [0.15, 0.2) is 0 Å². The van der Waals surface area contributed by atoms with Crippen molar-refractivity contribution in [1.29, 1.82) is 0 Å². The molecule has 288 valence electrons. The van der Waals surface area contributed by atoms with Gasteiger partial charge in [0.05, 0.1) is 6.61 Å². The van der Waals surface area contributed by atoms with Crippen LogP contribution in [0.25, 0.3) is 0 Å². The van der Waals surface area contributed by atoms with E-state index in [2.05, 4.69) is 41.5 Å². The number of hydrogen-bond donors (Lipinski definition) is 1. The van der Waals surface area contributed by atoms with Gasteiger partial charge in [-0.15, -0.1) is 0 Å². The third-order valence-corrected chi connectivity index (χ3v) is 11.1. The molecule has 1 unspecified atom stereocenters. The summed E-state index contributed by atoms with van der Waals surface area (Å²) in [6, 6.07) is 0.350. The number of nitrogens with zero attached hydrogens (tertiary/aromatic N) is 1. The zero-order valence-electron chi connectivity index (χ0n) is 33.1. The van der Waals surface area contributed by atoms with Crippen LogP contribution >= 0.6 is 8.53 Å². The van der Waals surface area contributed by atoms with Crippen LogP contribution in [0, 0.1) is 0 Å². The molecule has 0 fully saturated rings. The molecule has 0 aliphatic rings. The molecule has 6 nitrogen and oxygen atoms in total. The van der Waals surface area contributed by atoms with Crippen molar-refractivity contribution in [3.8, 4) is 0 Å². The van der Waals surface area contributed by atoms with Gasteiger partial charge >= 0.3 is 5.97 Å². The van der Waals surface area contributed by atoms with E-state index < -0.39 is 8.53 Å². The van der Waals surface area contributed by atoms with Crippen LogP contribution in [0.5, 0.6) is 0 Å². The second-order valence-electron chi connectivity index (χ2n) is 14.9. The lowest BCUT2D eigenvalue weighted by atomic mass is 10.0. The van der Waals surface area contributed by atoms with Crippen LogP contribution in [0.3, 0.4) is 0 Å². The molecule has 0 aromatic rings. The van der Waals surface area contributed by atoms with Crippen LogP contribution in [0.2, 0.25) is 0 Å². The zero-order chi connectivity index (χ0) is 35.5. The molecule has 0 saturated heterocycles. The number of ether oxygens (including phenoxy) is 2. The maximum absolute atomic E-state index is 12.5. The van der Waals surface area contributed by atoms with Crippen LogP contribution in [0.1, 0.15) is 221 Å². The molecule has 0 aromatic heterocycles. The summed E-state index contributed by atoms with van der Waals surface area (Å²) in [5, 5.41) is 0. The van der Waals surface area contributed by atoms with Gasteiger partial charge in [0.15, 0.2) is 0 Å². The SMILES string of the molecule is CCCCCCCCCCCCCCCCO[C@H](COC(=O)CCCCCCCCCCCCCCC)COP(O)N(C(C)C)C(C)C. The zero-order valence-corrected chi connectivity index (χ0v) is 34.0. The molecule has 0 aromatic carbocycles. The molecule has 2 atom stereocenters. The molecule has 7 heteroatoms. The smallest absolute Gasteiger partial charge is 0.305 e. The predicted molar refractivity (Wildman–Crippen MR) is 209 cm³/mol. The van der Waals surface area contributed by atoms with Crippen molar-refractivity contribution in [3.63, 3.8) is 0 Å². The van der Waals surface area contributed by atoms with E-state index in [-0.39, 0.29) is 37.4 Å². The summed E-state index contributed by atoms with van der Waals surface area (Å²) in [6.45, 7) is 13.9. The Hall–Kier alpha value is -0.260. The van der Waals surface area contributed by atoms with Crippen molar-refractivity contribution >= 4 is 14.5 Å². The predicted octanol–water partition coefficient (Wildman–Crippen LogP) is 13.2. The quantitative estimate of drug-likeness (QED) is 0.0393. The van der Waals surface area contributed by atoms with Gasteiger partial charge in [-0.2, -0.15) is 0 Å². The van der Waals surface area contributed by atoms with Gasteiger partial charge in [0.2, 0.25) is 0 Å². The number of esters is 1. The first-order valence-electron chi connectivity index (χ1n) is 21.0. The normalized spacial score (nSPS) is 13.2. The largest absolute Gasteiger partial charge is 0.463 e. The second kappa shape index (κ2) is 36.5. The van der Waals surface area contributed by atoms with Gasteiger partial charge in [-0.25, -0.2) is 4.67 Å². The Kier molecular flexibility index (Phi) is 36.3. The molecular weight excluding hydrogens is 617 g/mol. The molecule has 0 saturated carbocycles. The molecule has 0 heterocycles. The van der Waals surface area contributed by atoms with Crippen molar-refractivity contribution in [1.82, 2.24) is 4.67 Å². The van der Waals surface area contributed by atoms with E-state index in [0.717, 1.165) is 25.7 Å². The van der Waals surface area contributed by atoms with Crippen LogP contribution in [-0.4, -0.2) is 53.5 Å². The van der Waals surface area contributed by atoms with E-state index >= 15 is 0 Å². The summed E-state index contributed by atoms with van der Waals surface area (Å²) >= 11 is 0.